The molecule has 0 aliphatic rings. The Balaban J connectivity index is 3.62. The SMILES string of the molecule is C=C(Cl)[SiH](CCCC)CCCC. The third kappa shape index (κ3) is 5.84. The minimum Gasteiger partial charge on any atom is -0.0953 e. The van der Waals surface area contributed by atoms with E-state index in [-0.39, 0.29) is 0 Å². The molecule has 0 fully saturated rings. The lowest BCUT2D eigenvalue weighted by atomic mass is 10.4. The molecule has 0 unspecified atom stereocenters. The first-order chi connectivity index (χ1) is 5.72. The van der Waals surface area contributed by atoms with Crippen molar-refractivity contribution < 1.29 is 0 Å². The zero-order chi connectivity index (χ0) is 9.40. The van der Waals surface area contributed by atoms with Gasteiger partial charge in [0.25, 0.3) is 0 Å². The van der Waals surface area contributed by atoms with Crippen LogP contribution in [0.3, 0.4) is 0 Å². The summed E-state index contributed by atoms with van der Waals surface area (Å²) in [6.45, 7) is 8.37. The number of rotatable bonds is 7. The van der Waals surface area contributed by atoms with Crippen LogP contribution in [0.5, 0.6) is 0 Å². The largest absolute Gasteiger partial charge is 0.0953 e. The van der Waals surface area contributed by atoms with Gasteiger partial charge in [-0.25, -0.2) is 0 Å². The van der Waals surface area contributed by atoms with Crippen molar-refractivity contribution >= 4 is 20.4 Å². The fourth-order valence-corrected chi connectivity index (χ4v) is 4.73. The van der Waals surface area contributed by atoms with E-state index in [4.69, 9.17) is 11.6 Å². The van der Waals surface area contributed by atoms with E-state index in [2.05, 4.69) is 20.4 Å². The number of hydrogen-bond acceptors (Lipinski definition) is 0. The Kier molecular flexibility index (Phi) is 8.04. The van der Waals surface area contributed by atoms with E-state index in [1.165, 1.54) is 37.8 Å². The maximum absolute atomic E-state index is 5.98. The van der Waals surface area contributed by atoms with Crippen LogP contribution in [0.4, 0.5) is 0 Å². The molecule has 0 saturated carbocycles. The molecule has 0 saturated heterocycles. The second-order valence-electron chi connectivity index (χ2n) is 3.43. The molecule has 0 bridgehead atoms. The van der Waals surface area contributed by atoms with E-state index in [0.29, 0.717) is 0 Å². The van der Waals surface area contributed by atoms with Gasteiger partial charge in [-0.1, -0.05) is 69.8 Å². The molecule has 72 valence electrons. The van der Waals surface area contributed by atoms with Gasteiger partial charge in [0.05, 0.1) is 8.80 Å². The highest BCUT2D eigenvalue weighted by atomic mass is 35.5. The quantitative estimate of drug-likeness (QED) is 0.548. The van der Waals surface area contributed by atoms with E-state index in [0.717, 1.165) is 4.66 Å². The molecule has 0 spiro atoms. The van der Waals surface area contributed by atoms with Crippen LogP contribution in [0.25, 0.3) is 0 Å². The van der Waals surface area contributed by atoms with Crippen molar-refractivity contribution in [2.24, 2.45) is 0 Å². The van der Waals surface area contributed by atoms with Crippen molar-refractivity contribution in [1.82, 2.24) is 0 Å². The van der Waals surface area contributed by atoms with Crippen LogP contribution in [-0.2, 0) is 0 Å². The van der Waals surface area contributed by atoms with Gasteiger partial charge in [-0.05, 0) is 4.66 Å². The Morgan fingerprint density at radius 3 is 1.83 bits per heavy atom. The highest BCUT2D eigenvalue weighted by Gasteiger charge is 2.11. The maximum Gasteiger partial charge on any atom is 0.0847 e. The summed E-state index contributed by atoms with van der Waals surface area (Å²) in [6, 6.07) is 2.72. The fourth-order valence-electron chi connectivity index (χ4n) is 1.36. The molecule has 0 amide bonds. The van der Waals surface area contributed by atoms with E-state index in [1.807, 2.05) is 0 Å². The summed E-state index contributed by atoms with van der Waals surface area (Å²) >= 11 is 5.98. The van der Waals surface area contributed by atoms with Crippen molar-refractivity contribution in [3.63, 3.8) is 0 Å². The zero-order valence-corrected chi connectivity index (χ0v) is 10.3. The second kappa shape index (κ2) is 7.87. The monoisotopic (exact) mass is 204 g/mol. The highest BCUT2D eigenvalue weighted by molar-refractivity contribution is 6.77. The standard InChI is InChI=1S/C10H21ClSi/c1-4-6-8-12(10(3)11)9-7-5-2/h12H,3-9H2,1-2H3. The van der Waals surface area contributed by atoms with E-state index in [1.54, 1.807) is 0 Å². The molecule has 0 rings (SSSR count). The third-order valence-corrected chi connectivity index (χ3v) is 6.28. The summed E-state index contributed by atoms with van der Waals surface area (Å²) < 4.78 is 0.997. The fraction of sp³-hybridized carbons (Fsp3) is 0.800. The highest BCUT2D eigenvalue weighted by Crippen LogP contribution is 2.18. The first kappa shape index (κ1) is 12.2. The first-order valence-corrected chi connectivity index (χ1v) is 7.65. The van der Waals surface area contributed by atoms with Crippen LogP contribution in [0.15, 0.2) is 11.2 Å². The molecule has 12 heavy (non-hydrogen) atoms. The molecular weight excluding hydrogens is 184 g/mol. The van der Waals surface area contributed by atoms with E-state index in [9.17, 15) is 0 Å². The molecular formula is C10H21ClSi. The van der Waals surface area contributed by atoms with Gasteiger partial charge in [0.1, 0.15) is 0 Å². The minimum atomic E-state index is -0.771. The van der Waals surface area contributed by atoms with Gasteiger partial charge >= 0.3 is 0 Å². The minimum absolute atomic E-state index is 0.771. The summed E-state index contributed by atoms with van der Waals surface area (Å²) in [7, 11) is -0.771. The normalized spacial score (nSPS) is 10.7. The molecule has 0 heterocycles. The van der Waals surface area contributed by atoms with Gasteiger partial charge in [0.15, 0.2) is 0 Å². The van der Waals surface area contributed by atoms with Crippen LogP contribution in [0.2, 0.25) is 12.1 Å². The summed E-state index contributed by atoms with van der Waals surface area (Å²) in [5, 5.41) is 0. The Labute approximate surface area is 83.6 Å². The molecule has 0 radical (unpaired) electrons. The molecule has 0 aliphatic heterocycles. The smallest absolute Gasteiger partial charge is 0.0847 e. The van der Waals surface area contributed by atoms with E-state index >= 15 is 0 Å². The Morgan fingerprint density at radius 2 is 1.58 bits per heavy atom. The van der Waals surface area contributed by atoms with Crippen molar-refractivity contribution in [2.75, 3.05) is 0 Å². The van der Waals surface area contributed by atoms with Gasteiger partial charge < -0.3 is 0 Å². The van der Waals surface area contributed by atoms with Gasteiger partial charge in [0.2, 0.25) is 0 Å². The van der Waals surface area contributed by atoms with Crippen LogP contribution in [0.1, 0.15) is 39.5 Å². The van der Waals surface area contributed by atoms with Crippen LogP contribution >= 0.6 is 11.6 Å². The predicted octanol–water partition coefficient (Wildman–Crippen LogP) is 4.11. The van der Waals surface area contributed by atoms with E-state index < -0.39 is 8.80 Å². The van der Waals surface area contributed by atoms with Gasteiger partial charge in [-0.15, -0.1) is 0 Å². The summed E-state index contributed by atoms with van der Waals surface area (Å²) in [5.74, 6) is 0. The average molecular weight is 205 g/mol. The predicted molar refractivity (Wildman–Crippen MR) is 61.6 cm³/mol. The lowest BCUT2D eigenvalue weighted by Gasteiger charge is -2.12. The Morgan fingerprint density at radius 1 is 1.17 bits per heavy atom. The van der Waals surface area contributed by atoms with Crippen LogP contribution in [-0.4, -0.2) is 8.80 Å². The average Bonchev–Trinajstić information content (AvgIpc) is 2.04. The van der Waals surface area contributed by atoms with Crippen molar-refractivity contribution in [3.8, 4) is 0 Å². The van der Waals surface area contributed by atoms with Gasteiger partial charge in [-0.3, -0.25) is 0 Å². The molecule has 0 aromatic rings. The first-order valence-electron chi connectivity index (χ1n) is 5.06. The molecule has 0 aliphatic carbocycles. The molecule has 0 aromatic carbocycles. The second-order valence-corrected chi connectivity index (χ2v) is 7.53. The topological polar surface area (TPSA) is 0 Å². The molecule has 0 atom stereocenters. The number of unbranched alkanes of at least 4 members (excludes halogenated alkanes) is 2. The lowest BCUT2D eigenvalue weighted by Crippen LogP contribution is -2.12. The molecule has 0 aromatic heterocycles. The summed E-state index contributed by atoms with van der Waals surface area (Å²) in [4.78, 5) is 0. The van der Waals surface area contributed by atoms with Crippen LogP contribution in [0, 0.1) is 0 Å². The molecule has 0 N–H and O–H groups in total. The third-order valence-electron chi connectivity index (χ3n) is 2.26. The Hall–Kier alpha value is 0.247. The van der Waals surface area contributed by atoms with Crippen LogP contribution < -0.4 is 0 Å². The van der Waals surface area contributed by atoms with Gasteiger partial charge in [-0.2, -0.15) is 0 Å². The summed E-state index contributed by atoms with van der Waals surface area (Å²) in [6.07, 6.45) is 5.26. The van der Waals surface area contributed by atoms with Crippen molar-refractivity contribution in [1.29, 1.82) is 0 Å². The number of hydrogen-bond donors (Lipinski definition) is 0. The zero-order valence-electron chi connectivity index (χ0n) is 8.41. The lowest BCUT2D eigenvalue weighted by molar-refractivity contribution is 0.844. The van der Waals surface area contributed by atoms with Crippen molar-refractivity contribution in [3.05, 3.63) is 11.2 Å². The summed E-state index contributed by atoms with van der Waals surface area (Å²) in [5.41, 5.74) is 0. The Bertz CT molecular complexity index is 115. The molecule has 0 nitrogen and oxygen atoms in total. The number of halogens is 1. The maximum atomic E-state index is 5.98. The molecule has 2 heteroatoms. The van der Waals surface area contributed by atoms with Gasteiger partial charge in [0, 0.05) is 0 Å². The van der Waals surface area contributed by atoms with Crippen molar-refractivity contribution in [2.45, 2.75) is 51.6 Å².